The molecule has 0 unspecified atom stereocenters. The summed E-state index contributed by atoms with van der Waals surface area (Å²) in [5.74, 6) is 3.24. The predicted molar refractivity (Wildman–Crippen MR) is 110 cm³/mol. The number of aromatic amines is 1. The minimum atomic E-state index is 0.567. The number of fused-ring (bicyclic) bond motifs is 1. The van der Waals surface area contributed by atoms with Crippen molar-refractivity contribution in [2.24, 2.45) is 0 Å². The van der Waals surface area contributed by atoms with E-state index in [1.807, 2.05) is 44.4 Å². The van der Waals surface area contributed by atoms with E-state index in [1.165, 1.54) is 6.33 Å². The number of nitrogens with one attached hydrogen (secondary N) is 2. The van der Waals surface area contributed by atoms with E-state index in [-0.39, 0.29) is 0 Å². The first-order chi connectivity index (χ1) is 14.2. The minimum Gasteiger partial charge on any atom is -0.476 e. The molecule has 0 fully saturated rings. The Bertz CT molecular complexity index is 1070. The van der Waals surface area contributed by atoms with E-state index >= 15 is 0 Å². The first kappa shape index (κ1) is 18.6. The zero-order chi connectivity index (χ0) is 20.1. The molecule has 9 heteroatoms. The topological polar surface area (TPSA) is 101 Å². The van der Waals surface area contributed by atoms with Crippen molar-refractivity contribution < 1.29 is 9.47 Å². The van der Waals surface area contributed by atoms with Crippen molar-refractivity contribution >= 4 is 22.5 Å². The van der Waals surface area contributed by atoms with Gasteiger partial charge in [-0.15, -0.1) is 0 Å². The summed E-state index contributed by atoms with van der Waals surface area (Å²) in [7, 11) is 4.00. The maximum Gasteiger partial charge on any atom is 0.213 e. The fourth-order valence-electron chi connectivity index (χ4n) is 2.63. The molecule has 0 aliphatic rings. The molecule has 148 valence electrons. The van der Waals surface area contributed by atoms with Crippen molar-refractivity contribution in [3.8, 4) is 17.4 Å². The fraction of sp³-hybridized carbons (Fsp3) is 0.200. The lowest BCUT2D eigenvalue weighted by atomic mass is 10.2. The van der Waals surface area contributed by atoms with Crippen LogP contribution < -0.4 is 14.8 Å². The van der Waals surface area contributed by atoms with Gasteiger partial charge in [-0.05, 0) is 38.4 Å². The van der Waals surface area contributed by atoms with Gasteiger partial charge < -0.3 is 19.7 Å². The Morgan fingerprint density at radius 2 is 1.93 bits per heavy atom. The van der Waals surface area contributed by atoms with Crippen LogP contribution in [0.2, 0.25) is 0 Å². The molecule has 0 spiro atoms. The zero-order valence-electron chi connectivity index (χ0n) is 16.2. The Hall–Kier alpha value is -3.72. The first-order valence-electron chi connectivity index (χ1n) is 9.10. The van der Waals surface area contributed by atoms with Gasteiger partial charge in [0.15, 0.2) is 0 Å². The molecule has 0 aliphatic carbocycles. The molecule has 3 heterocycles. The molecule has 0 radical (unpaired) electrons. The second-order valence-electron chi connectivity index (χ2n) is 6.58. The van der Waals surface area contributed by atoms with Crippen molar-refractivity contribution in [1.82, 2.24) is 30.0 Å². The Morgan fingerprint density at radius 1 is 1.03 bits per heavy atom. The summed E-state index contributed by atoms with van der Waals surface area (Å²) in [6, 6.07) is 11.1. The second kappa shape index (κ2) is 8.53. The second-order valence-corrected chi connectivity index (χ2v) is 6.58. The van der Waals surface area contributed by atoms with Crippen molar-refractivity contribution in [3.05, 3.63) is 55.1 Å². The van der Waals surface area contributed by atoms with Crippen molar-refractivity contribution in [2.45, 2.75) is 0 Å². The van der Waals surface area contributed by atoms with Gasteiger partial charge in [0.05, 0.1) is 17.9 Å². The lowest BCUT2D eigenvalue weighted by Gasteiger charge is -2.11. The average Bonchev–Trinajstić information content (AvgIpc) is 3.23. The zero-order valence-corrected chi connectivity index (χ0v) is 16.2. The molecule has 1 aromatic carbocycles. The number of aromatic nitrogens is 5. The van der Waals surface area contributed by atoms with Gasteiger partial charge in [0, 0.05) is 24.1 Å². The molecule has 2 N–H and O–H groups in total. The average molecular weight is 391 g/mol. The van der Waals surface area contributed by atoms with Crippen LogP contribution in [0.1, 0.15) is 0 Å². The predicted octanol–water partition coefficient (Wildman–Crippen LogP) is 3.22. The first-order valence-corrected chi connectivity index (χ1v) is 9.10. The molecular weight excluding hydrogens is 370 g/mol. The number of ether oxygens (including phenoxy) is 2. The van der Waals surface area contributed by atoms with Crippen LogP contribution in [0, 0.1) is 0 Å². The maximum absolute atomic E-state index is 5.94. The largest absolute Gasteiger partial charge is 0.476 e. The summed E-state index contributed by atoms with van der Waals surface area (Å²) in [5.41, 5.74) is 0.803. The molecule has 4 rings (SSSR count). The standard InChI is InChI=1S/C20H21N7O2/c1-27(2)9-10-28-19-6-4-15(12-21-19)29-14-3-5-17-16(11-14)20(23-13-22-17)25-18-7-8-24-26-18/h3-8,11-13H,9-10H2,1-2H3,(H2,22,23,24,25,26). The van der Waals surface area contributed by atoms with Crippen LogP contribution in [-0.2, 0) is 0 Å². The number of H-pyrrole nitrogens is 1. The normalized spacial score (nSPS) is 11.0. The van der Waals surface area contributed by atoms with Gasteiger partial charge in [-0.1, -0.05) is 0 Å². The highest BCUT2D eigenvalue weighted by molar-refractivity contribution is 5.91. The number of hydrogen-bond donors (Lipinski definition) is 2. The van der Waals surface area contributed by atoms with Crippen molar-refractivity contribution in [2.75, 3.05) is 32.6 Å². The van der Waals surface area contributed by atoms with Crippen LogP contribution >= 0.6 is 0 Å². The van der Waals surface area contributed by atoms with Gasteiger partial charge in [0.2, 0.25) is 5.88 Å². The summed E-state index contributed by atoms with van der Waals surface area (Å²) < 4.78 is 11.5. The van der Waals surface area contributed by atoms with E-state index in [9.17, 15) is 0 Å². The fourth-order valence-corrected chi connectivity index (χ4v) is 2.63. The van der Waals surface area contributed by atoms with E-state index in [4.69, 9.17) is 9.47 Å². The van der Waals surface area contributed by atoms with E-state index in [0.717, 1.165) is 23.3 Å². The van der Waals surface area contributed by atoms with Crippen LogP contribution in [-0.4, -0.2) is 57.3 Å². The molecule has 29 heavy (non-hydrogen) atoms. The van der Waals surface area contributed by atoms with Crippen LogP contribution in [0.25, 0.3) is 10.9 Å². The molecule has 0 atom stereocenters. The lowest BCUT2D eigenvalue weighted by Crippen LogP contribution is -2.19. The third-order valence-electron chi connectivity index (χ3n) is 4.09. The Kier molecular flexibility index (Phi) is 5.48. The number of nitrogens with zero attached hydrogens (tertiary/aromatic N) is 5. The minimum absolute atomic E-state index is 0.567. The SMILES string of the molecule is CN(C)CCOc1ccc(Oc2ccc3ncnc(Nc4ccn[nH]4)c3c2)cn1. The van der Waals surface area contributed by atoms with Gasteiger partial charge in [0.25, 0.3) is 0 Å². The smallest absolute Gasteiger partial charge is 0.213 e. The van der Waals surface area contributed by atoms with Crippen molar-refractivity contribution in [1.29, 1.82) is 0 Å². The van der Waals surface area contributed by atoms with Gasteiger partial charge in [-0.2, -0.15) is 5.10 Å². The Morgan fingerprint density at radius 3 is 2.69 bits per heavy atom. The van der Waals surface area contributed by atoms with Gasteiger partial charge in [-0.3, -0.25) is 5.10 Å². The number of pyridine rings is 1. The maximum atomic E-state index is 5.94. The number of benzene rings is 1. The Labute approximate surface area is 167 Å². The quantitative estimate of drug-likeness (QED) is 0.472. The van der Waals surface area contributed by atoms with E-state index in [1.54, 1.807) is 18.5 Å². The molecule has 4 aromatic rings. The number of likely N-dealkylation sites (N-methyl/N-ethyl adjacent to an activating group) is 1. The summed E-state index contributed by atoms with van der Waals surface area (Å²) in [5, 5.41) is 10.8. The van der Waals surface area contributed by atoms with Crippen LogP contribution in [0.4, 0.5) is 11.6 Å². The molecular formula is C20H21N7O2. The summed E-state index contributed by atoms with van der Waals surface area (Å²) in [6.45, 7) is 1.41. The van der Waals surface area contributed by atoms with Crippen LogP contribution in [0.3, 0.4) is 0 Å². The summed E-state index contributed by atoms with van der Waals surface area (Å²) in [6.07, 6.45) is 4.82. The van der Waals surface area contributed by atoms with Gasteiger partial charge >= 0.3 is 0 Å². The molecule has 0 saturated carbocycles. The third kappa shape index (κ3) is 4.77. The van der Waals surface area contributed by atoms with E-state index in [2.05, 4.69) is 35.4 Å². The van der Waals surface area contributed by atoms with E-state index < -0.39 is 0 Å². The number of anilines is 2. The van der Waals surface area contributed by atoms with Crippen molar-refractivity contribution in [3.63, 3.8) is 0 Å². The highest BCUT2D eigenvalue weighted by Gasteiger charge is 2.08. The molecule has 0 aliphatic heterocycles. The molecule has 0 saturated heterocycles. The van der Waals surface area contributed by atoms with Crippen LogP contribution in [0.15, 0.2) is 55.1 Å². The van der Waals surface area contributed by atoms with E-state index in [0.29, 0.717) is 29.8 Å². The van der Waals surface area contributed by atoms with Crippen LogP contribution in [0.5, 0.6) is 17.4 Å². The third-order valence-corrected chi connectivity index (χ3v) is 4.09. The number of hydrogen-bond acceptors (Lipinski definition) is 8. The summed E-state index contributed by atoms with van der Waals surface area (Å²) in [4.78, 5) is 15.0. The molecule has 9 nitrogen and oxygen atoms in total. The summed E-state index contributed by atoms with van der Waals surface area (Å²) >= 11 is 0. The number of rotatable bonds is 8. The monoisotopic (exact) mass is 391 g/mol. The lowest BCUT2D eigenvalue weighted by molar-refractivity contribution is 0.253. The highest BCUT2D eigenvalue weighted by atomic mass is 16.5. The van der Waals surface area contributed by atoms with Gasteiger partial charge in [0.1, 0.15) is 36.1 Å². The molecule has 0 bridgehead atoms. The molecule has 0 amide bonds. The van der Waals surface area contributed by atoms with Gasteiger partial charge in [-0.25, -0.2) is 15.0 Å². The Balaban J connectivity index is 1.49. The highest BCUT2D eigenvalue weighted by Crippen LogP contribution is 2.29. The molecule has 3 aromatic heterocycles.